The van der Waals surface area contributed by atoms with Crippen molar-refractivity contribution in [3.8, 4) is 0 Å². The predicted octanol–water partition coefficient (Wildman–Crippen LogP) is 4.96. The van der Waals surface area contributed by atoms with Gasteiger partial charge in [0.1, 0.15) is 0 Å². The predicted molar refractivity (Wildman–Crippen MR) is 84.6 cm³/mol. The van der Waals surface area contributed by atoms with Crippen LogP contribution in [-0.4, -0.2) is 15.6 Å². The van der Waals surface area contributed by atoms with E-state index in [-0.39, 0.29) is 10.9 Å². The highest BCUT2D eigenvalue weighted by molar-refractivity contribution is 8.00. The van der Waals surface area contributed by atoms with Gasteiger partial charge in [0.25, 0.3) is 0 Å². The molecule has 1 N–H and O–H groups in total. The summed E-state index contributed by atoms with van der Waals surface area (Å²) in [6, 6.07) is 10.2. The van der Waals surface area contributed by atoms with Gasteiger partial charge in [-0.1, -0.05) is 62.9 Å². The summed E-state index contributed by atoms with van der Waals surface area (Å²) in [5.41, 5.74) is 1.09. The summed E-state index contributed by atoms with van der Waals surface area (Å²) in [6.07, 6.45) is 8.38. The maximum absolute atomic E-state index is 10.9. The van der Waals surface area contributed by atoms with E-state index in [1.165, 1.54) is 37.9 Å². The van der Waals surface area contributed by atoms with Crippen molar-refractivity contribution in [1.82, 2.24) is 0 Å². The molecular weight excluding hydrogens is 252 g/mol. The molecule has 0 bridgehead atoms. The Balaban J connectivity index is 2.12. The number of rotatable bonds is 6. The van der Waals surface area contributed by atoms with Gasteiger partial charge in [0, 0.05) is 4.75 Å². The topological polar surface area (TPSA) is 20.2 Å². The van der Waals surface area contributed by atoms with Crippen molar-refractivity contribution < 1.29 is 5.11 Å². The second kappa shape index (κ2) is 7.35. The van der Waals surface area contributed by atoms with Gasteiger partial charge in [-0.3, -0.25) is 0 Å². The van der Waals surface area contributed by atoms with Crippen LogP contribution in [0.1, 0.15) is 63.5 Å². The van der Waals surface area contributed by atoms with E-state index in [0.29, 0.717) is 0 Å². The van der Waals surface area contributed by atoms with Gasteiger partial charge in [-0.05, 0) is 30.6 Å². The lowest BCUT2D eigenvalue weighted by molar-refractivity contribution is 0.107. The summed E-state index contributed by atoms with van der Waals surface area (Å²) in [5, 5.41) is 10.9. The number of aliphatic hydroxyl groups is 1. The molecular formula is C17H26OS. The van der Waals surface area contributed by atoms with Gasteiger partial charge in [-0.25, -0.2) is 0 Å². The van der Waals surface area contributed by atoms with E-state index in [1.807, 2.05) is 30.0 Å². The van der Waals surface area contributed by atoms with E-state index in [0.717, 1.165) is 18.4 Å². The number of hydrogen-bond acceptors (Lipinski definition) is 2. The second-order valence-corrected chi connectivity index (χ2v) is 7.15. The zero-order valence-corrected chi connectivity index (χ0v) is 12.8. The first-order chi connectivity index (χ1) is 9.28. The quantitative estimate of drug-likeness (QED) is 0.742. The van der Waals surface area contributed by atoms with Crippen LogP contribution in [0.2, 0.25) is 0 Å². The maximum Gasteiger partial charge on any atom is 0.0936 e. The van der Waals surface area contributed by atoms with Crippen molar-refractivity contribution in [3.05, 3.63) is 35.9 Å². The standard InChI is InChI=1S/C17H26OS/c1-2-3-14-19-17(12-8-5-9-13-17)16(18)15-10-6-4-7-11-15/h4,6-7,10-11,16,18H,2-3,5,8-9,12-14H2,1H3. The lowest BCUT2D eigenvalue weighted by Crippen LogP contribution is -2.35. The Labute approximate surface area is 121 Å². The molecule has 1 atom stereocenters. The summed E-state index contributed by atoms with van der Waals surface area (Å²) < 4.78 is 0.0643. The van der Waals surface area contributed by atoms with Gasteiger partial charge in [-0.2, -0.15) is 11.8 Å². The normalized spacial score (nSPS) is 20.1. The molecule has 19 heavy (non-hydrogen) atoms. The Bertz CT molecular complexity index is 357. The van der Waals surface area contributed by atoms with Gasteiger partial charge in [0.15, 0.2) is 0 Å². The molecule has 2 heteroatoms. The maximum atomic E-state index is 10.9. The molecule has 106 valence electrons. The highest BCUT2D eigenvalue weighted by Crippen LogP contribution is 2.48. The Morgan fingerprint density at radius 3 is 2.47 bits per heavy atom. The first-order valence-electron chi connectivity index (χ1n) is 7.65. The Kier molecular flexibility index (Phi) is 5.77. The van der Waals surface area contributed by atoms with E-state index in [1.54, 1.807) is 0 Å². The summed E-state index contributed by atoms with van der Waals surface area (Å²) in [7, 11) is 0. The molecule has 0 saturated heterocycles. The van der Waals surface area contributed by atoms with Crippen LogP contribution < -0.4 is 0 Å². The fourth-order valence-electron chi connectivity index (χ4n) is 3.01. The number of hydrogen-bond donors (Lipinski definition) is 1. The van der Waals surface area contributed by atoms with Crippen molar-refractivity contribution in [1.29, 1.82) is 0 Å². The lowest BCUT2D eigenvalue weighted by Gasteiger charge is -2.41. The van der Waals surface area contributed by atoms with Gasteiger partial charge in [0.2, 0.25) is 0 Å². The Morgan fingerprint density at radius 1 is 1.16 bits per heavy atom. The van der Waals surface area contributed by atoms with Gasteiger partial charge in [0.05, 0.1) is 6.10 Å². The van der Waals surface area contributed by atoms with Crippen LogP contribution >= 0.6 is 11.8 Å². The number of benzene rings is 1. The molecule has 0 aliphatic heterocycles. The van der Waals surface area contributed by atoms with Gasteiger partial charge < -0.3 is 5.11 Å². The zero-order valence-electron chi connectivity index (χ0n) is 12.0. The molecule has 0 aromatic heterocycles. The summed E-state index contributed by atoms with van der Waals surface area (Å²) >= 11 is 2.02. The fourth-order valence-corrected chi connectivity index (χ4v) is 4.72. The number of thioether (sulfide) groups is 1. The molecule has 1 saturated carbocycles. The van der Waals surface area contributed by atoms with Crippen LogP contribution in [0.3, 0.4) is 0 Å². The minimum atomic E-state index is -0.309. The minimum absolute atomic E-state index is 0.0643. The molecule has 0 spiro atoms. The first-order valence-corrected chi connectivity index (χ1v) is 8.64. The third-order valence-corrected chi connectivity index (χ3v) is 5.90. The summed E-state index contributed by atoms with van der Waals surface area (Å²) in [5.74, 6) is 1.18. The van der Waals surface area contributed by atoms with E-state index in [9.17, 15) is 5.11 Å². The summed E-state index contributed by atoms with van der Waals surface area (Å²) in [6.45, 7) is 2.24. The molecule has 0 amide bonds. The average molecular weight is 278 g/mol. The van der Waals surface area contributed by atoms with E-state index >= 15 is 0 Å². The first kappa shape index (κ1) is 14.9. The van der Waals surface area contributed by atoms with Crippen molar-refractivity contribution in [2.24, 2.45) is 0 Å². The third kappa shape index (κ3) is 3.76. The zero-order chi connectivity index (χ0) is 13.6. The molecule has 1 fully saturated rings. The van der Waals surface area contributed by atoms with Crippen LogP contribution in [-0.2, 0) is 0 Å². The van der Waals surface area contributed by atoms with Gasteiger partial charge in [-0.15, -0.1) is 0 Å². The number of unbranched alkanes of at least 4 members (excludes halogenated alkanes) is 1. The molecule has 1 nitrogen and oxygen atoms in total. The van der Waals surface area contributed by atoms with Crippen LogP contribution in [0.4, 0.5) is 0 Å². The Morgan fingerprint density at radius 2 is 1.84 bits per heavy atom. The van der Waals surface area contributed by atoms with Crippen LogP contribution in [0.15, 0.2) is 30.3 Å². The highest BCUT2D eigenvalue weighted by Gasteiger charge is 2.39. The van der Waals surface area contributed by atoms with Crippen molar-refractivity contribution in [2.45, 2.75) is 62.7 Å². The van der Waals surface area contributed by atoms with Crippen LogP contribution in [0.25, 0.3) is 0 Å². The molecule has 0 heterocycles. The van der Waals surface area contributed by atoms with E-state index in [4.69, 9.17) is 0 Å². The monoisotopic (exact) mass is 278 g/mol. The molecule has 1 aromatic carbocycles. The van der Waals surface area contributed by atoms with Gasteiger partial charge >= 0.3 is 0 Å². The number of aliphatic hydroxyl groups excluding tert-OH is 1. The largest absolute Gasteiger partial charge is 0.387 e. The van der Waals surface area contributed by atoms with E-state index in [2.05, 4.69) is 19.1 Å². The Hall–Kier alpha value is -0.470. The van der Waals surface area contributed by atoms with Crippen molar-refractivity contribution in [3.63, 3.8) is 0 Å². The van der Waals surface area contributed by atoms with Crippen LogP contribution in [0.5, 0.6) is 0 Å². The molecule has 0 radical (unpaired) electrons. The van der Waals surface area contributed by atoms with Crippen molar-refractivity contribution in [2.75, 3.05) is 5.75 Å². The molecule has 1 unspecified atom stereocenters. The highest BCUT2D eigenvalue weighted by atomic mass is 32.2. The van der Waals surface area contributed by atoms with Crippen molar-refractivity contribution >= 4 is 11.8 Å². The molecule has 1 aliphatic carbocycles. The van der Waals surface area contributed by atoms with E-state index < -0.39 is 0 Å². The second-order valence-electron chi connectivity index (χ2n) is 5.64. The SMILES string of the molecule is CCCCSC1(C(O)c2ccccc2)CCCCC1. The minimum Gasteiger partial charge on any atom is -0.387 e. The van der Waals surface area contributed by atoms with Crippen LogP contribution in [0, 0.1) is 0 Å². The third-order valence-electron chi connectivity index (χ3n) is 4.20. The molecule has 2 rings (SSSR count). The fraction of sp³-hybridized carbons (Fsp3) is 0.647. The molecule has 1 aliphatic rings. The average Bonchev–Trinajstić information content (AvgIpc) is 2.49. The lowest BCUT2D eigenvalue weighted by atomic mass is 9.81. The summed E-state index contributed by atoms with van der Waals surface area (Å²) in [4.78, 5) is 0. The molecule has 1 aromatic rings. The smallest absolute Gasteiger partial charge is 0.0936 e.